The summed E-state index contributed by atoms with van der Waals surface area (Å²) in [6.07, 6.45) is -0.381. The molecule has 0 fully saturated rings. The highest BCUT2D eigenvalue weighted by Gasteiger charge is 2.33. The molecule has 0 unspecified atom stereocenters. The number of anilines is 1. The summed E-state index contributed by atoms with van der Waals surface area (Å²) in [5, 5.41) is 6.49. The van der Waals surface area contributed by atoms with Crippen LogP contribution in [0.2, 0.25) is 5.02 Å². The minimum absolute atomic E-state index is 0.120. The third kappa shape index (κ3) is 4.98. The Hall–Kier alpha value is -2.81. The second-order valence-corrected chi connectivity index (χ2v) is 8.34. The van der Waals surface area contributed by atoms with Crippen molar-refractivity contribution in [2.75, 3.05) is 5.32 Å². The van der Waals surface area contributed by atoms with E-state index >= 15 is 0 Å². The minimum Gasteiger partial charge on any atom is -0.332 e. The predicted octanol–water partition coefficient (Wildman–Crippen LogP) is 6.93. The molecule has 162 valence electrons. The van der Waals surface area contributed by atoms with Gasteiger partial charge in [0.05, 0.1) is 27.5 Å². The Morgan fingerprint density at radius 3 is 2.53 bits per heavy atom. The summed E-state index contributed by atoms with van der Waals surface area (Å²) in [7, 11) is 0. The maximum absolute atomic E-state index is 13.1. The number of halogens is 4. The van der Waals surface area contributed by atoms with Gasteiger partial charge < -0.3 is 10.6 Å². The number of fused-ring (bicyclic) bond motifs is 1. The molecule has 0 aliphatic heterocycles. The smallest absolute Gasteiger partial charge is 0.332 e. The quantitative estimate of drug-likeness (QED) is 0.390. The number of benzene rings is 2. The van der Waals surface area contributed by atoms with E-state index in [0.717, 1.165) is 28.2 Å². The lowest BCUT2D eigenvalue weighted by molar-refractivity contribution is -0.137. The normalized spacial score (nSPS) is 14.1. The maximum Gasteiger partial charge on any atom is 0.417 e. The van der Waals surface area contributed by atoms with Crippen molar-refractivity contribution in [3.8, 4) is 0 Å². The number of nitrogens with one attached hydrogen (secondary N) is 2. The molecule has 2 aromatic carbocycles. The number of nitrogens with zero attached hydrogens (tertiary/aromatic N) is 1. The van der Waals surface area contributed by atoms with Crippen LogP contribution >= 0.6 is 36.0 Å². The third-order valence-corrected chi connectivity index (χ3v) is 5.71. The van der Waals surface area contributed by atoms with Gasteiger partial charge in [0.1, 0.15) is 0 Å². The van der Waals surface area contributed by atoms with Crippen molar-refractivity contribution < 1.29 is 13.2 Å². The van der Waals surface area contributed by atoms with Crippen molar-refractivity contribution in [3.05, 3.63) is 88.7 Å². The molecule has 2 N–H and O–H groups in total. The molecule has 3 aromatic rings. The topological polar surface area (TPSA) is 37.0 Å². The molecule has 0 amide bonds. The standard InChI is InChI=1S/C23H15ClF3N3S2/c24-17-8-7-15(12-16(17)23(25,26)27)28-22(32)30-20-10-6-14(11-21(20)31)19-9-5-13-3-1-2-4-18(13)29-19/h1-10,12H,11H2,(H2,28,30,32). The molecule has 0 spiro atoms. The summed E-state index contributed by atoms with van der Waals surface area (Å²) < 4.78 is 39.2. The zero-order valence-electron chi connectivity index (χ0n) is 16.3. The van der Waals surface area contributed by atoms with Crippen LogP contribution in [0, 0.1) is 0 Å². The average Bonchev–Trinajstić information content (AvgIpc) is 2.75. The molecule has 1 heterocycles. The maximum atomic E-state index is 13.1. The zero-order valence-corrected chi connectivity index (χ0v) is 18.7. The van der Waals surface area contributed by atoms with Gasteiger partial charge in [-0.1, -0.05) is 54.2 Å². The van der Waals surface area contributed by atoms with Crippen molar-refractivity contribution in [2.24, 2.45) is 0 Å². The van der Waals surface area contributed by atoms with Gasteiger partial charge in [-0.05, 0) is 54.2 Å². The summed E-state index contributed by atoms with van der Waals surface area (Å²) in [5.74, 6) is 0. The SMILES string of the molecule is FC(F)(F)c1cc(NC(=S)NC2=CC=C(c3ccc4ccccc4n3)CC2=S)ccc1Cl. The number of pyridine rings is 1. The first-order valence-corrected chi connectivity index (χ1v) is 10.6. The fourth-order valence-corrected chi connectivity index (χ4v) is 3.97. The lowest BCUT2D eigenvalue weighted by Gasteiger charge is -2.19. The van der Waals surface area contributed by atoms with Crippen LogP contribution in [0.5, 0.6) is 0 Å². The van der Waals surface area contributed by atoms with Crippen LogP contribution in [0.25, 0.3) is 16.5 Å². The molecule has 1 aliphatic carbocycles. The molecule has 32 heavy (non-hydrogen) atoms. The molecule has 0 radical (unpaired) electrons. The highest BCUT2D eigenvalue weighted by molar-refractivity contribution is 7.81. The summed E-state index contributed by atoms with van der Waals surface area (Å²) in [6.45, 7) is 0. The van der Waals surface area contributed by atoms with Crippen molar-refractivity contribution in [1.82, 2.24) is 10.3 Å². The van der Waals surface area contributed by atoms with E-state index in [2.05, 4.69) is 10.6 Å². The lowest BCUT2D eigenvalue weighted by atomic mass is 9.98. The Labute approximate surface area is 198 Å². The monoisotopic (exact) mass is 489 g/mol. The van der Waals surface area contributed by atoms with Crippen LogP contribution < -0.4 is 10.6 Å². The fourth-order valence-electron chi connectivity index (χ4n) is 3.24. The van der Waals surface area contributed by atoms with E-state index in [1.54, 1.807) is 6.08 Å². The van der Waals surface area contributed by atoms with Crippen LogP contribution in [-0.4, -0.2) is 15.0 Å². The highest BCUT2D eigenvalue weighted by atomic mass is 35.5. The Balaban J connectivity index is 1.49. The van der Waals surface area contributed by atoms with E-state index in [0.29, 0.717) is 17.0 Å². The van der Waals surface area contributed by atoms with Crippen LogP contribution in [0.15, 0.2) is 72.4 Å². The number of hydrogen-bond donors (Lipinski definition) is 2. The van der Waals surface area contributed by atoms with Gasteiger partial charge >= 0.3 is 6.18 Å². The number of rotatable bonds is 3. The Morgan fingerprint density at radius 1 is 1.00 bits per heavy atom. The minimum atomic E-state index is -4.56. The first-order chi connectivity index (χ1) is 15.2. The van der Waals surface area contributed by atoms with Crippen LogP contribution in [0.1, 0.15) is 17.7 Å². The summed E-state index contributed by atoms with van der Waals surface area (Å²) in [5.41, 5.74) is 2.54. The first kappa shape index (κ1) is 22.4. The van der Waals surface area contributed by atoms with Gasteiger partial charge in [0.25, 0.3) is 0 Å². The van der Waals surface area contributed by atoms with Gasteiger partial charge in [-0.25, -0.2) is 4.98 Å². The average molecular weight is 490 g/mol. The summed E-state index contributed by atoms with van der Waals surface area (Å²) in [6, 6.07) is 15.3. The number of hydrogen-bond acceptors (Lipinski definition) is 3. The van der Waals surface area contributed by atoms with Gasteiger partial charge in [-0.3, -0.25) is 0 Å². The van der Waals surface area contributed by atoms with Gasteiger partial charge in [0.15, 0.2) is 5.11 Å². The largest absolute Gasteiger partial charge is 0.417 e. The lowest BCUT2D eigenvalue weighted by Crippen LogP contribution is -2.31. The molecule has 9 heteroatoms. The van der Waals surface area contributed by atoms with Crippen molar-refractivity contribution in [1.29, 1.82) is 0 Å². The molecule has 3 nitrogen and oxygen atoms in total. The fraction of sp³-hybridized carbons (Fsp3) is 0.0870. The van der Waals surface area contributed by atoms with E-state index in [1.165, 1.54) is 12.1 Å². The highest BCUT2D eigenvalue weighted by Crippen LogP contribution is 2.36. The molecular weight excluding hydrogens is 475 g/mol. The second kappa shape index (κ2) is 8.97. The van der Waals surface area contributed by atoms with Gasteiger partial charge in [0, 0.05) is 22.4 Å². The van der Waals surface area contributed by atoms with Gasteiger partial charge in [-0.2, -0.15) is 13.2 Å². The molecular formula is C23H15ClF3N3S2. The molecule has 0 saturated heterocycles. The van der Waals surface area contributed by atoms with E-state index in [-0.39, 0.29) is 15.8 Å². The zero-order chi connectivity index (χ0) is 22.9. The van der Waals surface area contributed by atoms with E-state index in [9.17, 15) is 13.2 Å². The van der Waals surface area contributed by atoms with Crippen molar-refractivity contribution >= 4 is 68.2 Å². The molecule has 1 aromatic heterocycles. The van der Waals surface area contributed by atoms with Crippen LogP contribution in [0.4, 0.5) is 18.9 Å². The molecule has 4 rings (SSSR count). The number of aromatic nitrogens is 1. The van der Waals surface area contributed by atoms with E-state index in [4.69, 9.17) is 41.0 Å². The van der Waals surface area contributed by atoms with E-state index in [1.807, 2.05) is 42.5 Å². The summed E-state index contributed by atoms with van der Waals surface area (Å²) >= 11 is 16.4. The molecule has 0 bridgehead atoms. The van der Waals surface area contributed by atoms with Crippen molar-refractivity contribution in [3.63, 3.8) is 0 Å². The molecule has 0 atom stereocenters. The third-order valence-electron chi connectivity index (χ3n) is 4.81. The number of thiocarbonyl (C=S) groups is 2. The number of allylic oxidation sites excluding steroid dienone is 4. The molecule has 0 saturated carbocycles. The van der Waals surface area contributed by atoms with Crippen LogP contribution in [0.3, 0.4) is 0 Å². The van der Waals surface area contributed by atoms with Gasteiger partial charge in [0.2, 0.25) is 0 Å². The number of alkyl halides is 3. The first-order valence-electron chi connectivity index (χ1n) is 9.46. The Kier molecular flexibility index (Phi) is 6.28. The van der Waals surface area contributed by atoms with Gasteiger partial charge in [-0.15, -0.1) is 0 Å². The van der Waals surface area contributed by atoms with E-state index < -0.39 is 11.7 Å². The Morgan fingerprint density at radius 2 is 1.78 bits per heavy atom. The Bertz CT molecular complexity index is 1300. The van der Waals surface area contributed by atoms with Crippen molar-refractivity contribution in [2.45, 2.75) is 12.6 Å². The second-order valence-electron chi connectivity index (χ2n) is 7.03. The summed E-state index contributed by atoms with van der Waals surface area (Å²) in [4.78, 5) is 5.31. The number of para-hydroxylation sites is 1. The molecule has 1 aliphatic rings. The predicted molar refractivity (Wildman–Crippen MR) is 131 cm³/mol. The van der Waals surface area contributed by atoms with Crippen LogP contribution in [-0.2, 0) is 6.18 Å².